The Morgan fingerprint density at radius 2 is 1.39 bits per heavy atom. The largest absolute Gasteiger partial charge is 0.480 e. The molecule has 0 heterocycles. The van der Waals surface area contributed by atoms with Crippen molar-refractivity contribution in [3.63, 3.8) is 0 Å². The van der Waals surface area contributed by atoms with Crippen LogP contribution in [0.3, 0.4) is 0 Å². The number of rotatable bonds is 4. The number of hydrogen-bond acceptors (Lipinski definition) is 2. The van der Waals surface area contributed by atoms with Gasteiger partial charge in [0.1, 0.15) is 0 Å². The van der Waals surface area contributed by atoms with Crippen molar-refractivity contribution in [2.75, 3.05) is 0 Å². The zero-order valence-corrected chi connectivity index (χ0v) is 13.4. The number of nitrogens with two attached hydrogens (primary N) is 1. The van der Waals surface area contributed by atoms with Crippen LogP contribution < -0.4 is 5.73 Å². The van der Waals surface area contributed by atoms with Crippen molar-refractivity contribution in [3.05, 3.63) is 59.7 Å². The van der Waals surface area contributed by atoms with Gasteiger partial charge in [0.05, 0.1) is 0 Å². The van der Waals surface area contributed by atoms with Crippen LogP contribution in [0.2, 0.25) is 0 Å². The zero-order valence-electron chi connectivity index (χ0n) is 13.4. The molecule has 5 heteroatoms. The SMILES string of the molecule is CC.Cc1ccc(-c2ccc(C(F)(F)C(N)C(=O)O)cc2)cc1. The van der Waals surface area contributed by atoms with Crippen LogP contribution in [0.5, 0.6) is 0 Å². The molecule has 1 atom stereocenters. The molecule has 0 aliphatic heterocycles. The van der Waals surface area contributed by atoms with Crippen molar-refractivity contribution in [1.29, 1.82) is 0 Å². The lowest BCUT2D eigenvalue weighted by Gasteiger charge is -2.20. The summed E-state index contributed by atoms with van der Waals surface area (Å²) in [6.07, 6.45) is 0. The number of carboxylic acid groups (broad SMARTS) is 1. The van der Waals surface area contributed by atoms with Gasteiger partial charge in [0.25, 0.3) is 5.92 Å². The van der Waals surface area contributed by atoms with Gasteiger partial charge in [-0.25, -0.2) is 0 Å². The van der Waals surface area contributed by atoms with Crippen molar-refractivity contribution in [2.45, 2.75) is 32.7 Å². The molecule has 3 N–H and O–H groups in total. The van der Waals surface area contributed by atoms with Gasteiger partial charge in [0, 0.05) is 5.56 Å². The number of hydrogen-bond donors (Lipinski definition) is 2. The Morgan fingerprint density at radius 1 is 1.00 bits per heavy atom. The number of benzene rings is 2. The number of carbonyl (C=O) groups is 1. The molecule has 2 aromatic rings. The molecular formula is C18H21F2NO2. The monoisotopic (exact) mass is 321 g/mol. The van der Waals surface area contributed by atoms with Gasteiger partial charge in [-0.1, -0.05) is 67.9 Å². The Balaban J connectivity index is 0.00000127. The predicted octanol–water partition coefficient (Wildman–Crippen LogP) is 4.19. The van der Waals surface area contributed by atoms with Gasteiger partial charge in [0.15, 0.2) is 6.04 Å². The molecule has 0 saturated carbocycles. The van der Waals surface area contributed by atoms with Gasteiger partial charge in [0.2, 0.25) is 0 Å². The lowest BCUT2D eigenvalue weighted by molar-refractivity contribution is -0.149. The summed E-state index contributed by atoms with van der Waals surface area (Å²) < 4.78 is 27.8. The first-order chi connectivity index (χ1) is 10.8. The number of aliphatic carboxylic acids is 1. The fourth-order valence-electron chi connectivity index (χ4n) is 1.97. The molecule has 0 radical (unpaired) electrons. The second-order valence-electron chi connectivity index (χ2n) is 4.88. The zero-order chi connectivity index (χ0) is 17.6. The normalized spacial score (nSPS) is 12.1. The predicted molar refractivity (Wildman–Crippen MR) is 87.5 cm³/mol. The highest BCUT2D eigenvalue weighted by atomic mass is 19.3. The van der Waals surface area contributed by atoms with Gasteiger partial charge in [-0.2, -0.15) is 8.78 Å². The smallest absolute Gasteiger partial charge is 0.327 e. The maximum Gasteiger partial charge on any atom is 0.327 e. The van der Waals surface area contributed by atoms with E-state index in [1.807, 2.05) is 45.0 Å². The third kappa shape index (κ3) is 4.36. The number of alkyl halides is 2. The third-order valence-electron chi connectivity index (χ3n) is 3.31. The van der Waals surface area contributed by atoms with Crippen molar-refractivity contribution in [3.8, 4) is 11.1 Å². The van der Waals surface area contributed by atoms with E-state index in [-0.39, 0.29) is 0 Å². The van der Waals surface area contributed by atoms with Crippen LogP contribution >= 0.6 is 0 Å². The summed E-state index contributed by atoms with van der Waals surface area (Å²) in [5, 5.41) is 8.63. The van der Waals surface area contributed by atoms with E-state index in [1.54, 1.807) is 0 Å². The molecule has 23 heavy (non-hydrogen) atoms. The highest BCUT2D eigenvalue weighted by Gasteiger charge is 2.43. The average Bonchev–Trinajstić information content (AvgIpc) is 2.56. The fourth-order valence-corrected chi connectivity index (χ4v) is 1.97. The molecule has 0 bridgehead atoms. The van der Waals surface area contributed by atoms with E-state index in [0.717, 1.165) is 16.7 Å². The summed E-state index contributed by atoms with van der Waals surface area (Å²) in [6, 6.07) is 10.9. The Hall–Kier alpha value is -2.27. The Labute approximate surface area is 134 Å². The summed E-state index contributed by atoms with van der Waals surface area (Å²) in [6.45, 7) is 5.96. The first-order valence-electron chi connectivity index (χ1n) is 7.36. The van der Waals surface area contributed by atoms with E-state index in [2.05, 4.69) is 0 Å². The molecule has 2 rings (SSSR count). The lowest BCUT2D eigenvalue weighted by atomic mass is 9.97. The third-order valence-corrected chi connectivity index (χ3v) is 3.31. The molecule has 0 saturated heterocycles. The first kappa shape index (κ1) is 18.8. The first-order valence-corrected chi connectivity index (χ1v) is 7.36. The standard InChI is InChI=1S/C16H15F2NO2.C2H6/c1-10-2-4-11(5-3-10)12-6-8-13(9-7-12)16(17,18)14(19)15(20)21;1-2/h2-9,14H,19H2,1H3,(H,20,21);1-2H3. The molecule has 0 amide bonds. The summed E-state index contributed by atoms with van der Waals surface area (Å²) in [4.78, 5) is 10.6. The minimum atomic E-state index is -3.61. The molecule has 0 aromatic heterocycles. The summed E-state index contributed by atoms with van der Waals surface area (Å²) in [5.74, 6) is -5.35. The van der Waals surface area contributed by atoms with Crippen LogP contribution in [-0.4, -0.2) is 17.1 Å². The maximum atomic E-state index is 13.9. The van der Waals surface area contributed by atoms with Gasteiger partial charge >= 0.3 is 5.97 Å². The van der Waals surface area contributed by atoms with Crippen molar-refractivity contribution >= 4 is 5.97 Å². The summed E-state index contributed by atoms with van der Waals surface area (Å²) in [5.41, 5.74) is 7.42. The second-order valence-corrected chi connectivity index (χ2v) is 4.88. The van der Waals surface area contributed by atoms with Crippen LogP contribution in [0.25, 0.3) is 11.1 Å². The van der Waals surface area contributed by atoms with E-state index in [1.165, 1.54) is 24.3 Å². The Morgan fingerprint density at radius 3 is 1.78 bits per heavy atom. The summed E-state index contributed by atoms with van der Waals surface area (Å²) >= 11 is 0. The molecule has 0 fully saturated rings. The van der Waals surface area contributed by atoms with E-state index < -0.39 is 23.5 Å². The maximum absolute atomic E-state index is 13.9. The number of carboxylic acids is 1. The molecule has 1 unspecified atom stereocenters. The highest BCUT2D eigenvalue weighted by Crippen LogP contribution is 2.32. The van der Waals surface area contributed by atoms with E-state index in [4.69, 9.17) is 10.8 Å². The number of halogens is 2. The van der Waals surface area contributed by atoms with Gasteiger partial charge in [-0.3, -0.25) is 4.79 Å². The number of aryl methyl sites for hydroxylation is 1. The Kier molecular flexibility index (Phi) is 6.39. The summed E-state index contributed by atoms with van der Waals surface area (Å²) in [7, 11) is 0. The van der Waals surface area contributed by atoms with Crippen molar-refractivity contribution in [1.82, 2.24) is 0 Å². The van der Waals surface area contributed by atoms with Crippen molar-refractivity contribution in [2.24, 2.45) is 5.73 Å². The minimum Gasteiger partial charge on any atom is -0.480 e. The van der Waals surface area contributed by atoms with Gasteiger partial charge in [-0.05, 0) is 18.1 Å². The average molecular weight is 321 g/mol. The molecule has 0 aliphatic rings. The van der Waals surface area contributed by atoms with Gasteiger partial charge in [-0.15, -0.1) is 0 Å². The van der Waals surface area contributed by atoms with Crippen LogP contribution in [-0.2, 0) is 10.7 Å². The fraction of sp³-hybridized carbons (Fsp3) is 0.278. The van der Waals surface area contributed by atoms with Crippen LogP contribution in [0, 0.1) is 6.92 Å². The van der Waals surface area contributed by atoms with E-state index in [9.17, 15) is 13.6 Å². The molecule has 3 nitrogen and oxygen atoms in total. The topological polar surface area (TPSA) is 63.3 Å². The molecule has 0 spiro atoms. The van der Waals surface area contributed by atoms with Crippen molar-refractivity contribution < 1.29 is 18.7 Å². The van der Waals surface area contributed by atoms with E-state index in [0.29, 0.717) is 0 Å². The van der Waals surface area contributed by atoms with Crippen LogP contribution in [0.4, 0.5) is 8.78 Å². The molecular weight excluding hydrogens is 300 g/mol. The van der Waals surface area contributed by atoms with Crippen LogP contribution in [0.15, 0.2) is 48.5 Å². The second kappa shape index (κ2) is 7.83. The van der Waals surface area contributed by atoms with E-state index >= 15 is 0 Å². The van der Waals surface area contributed by atoms with Crippen LogP contribution in [0.1, 0.15) is 25.0 Å². The highest BCUT2D eigenvalue weighted by molar-refractivity contribution is 5.75. The minimum absolute atomic E-state index is 0.409. The quantitative estimate of drug-likeness (QED) is 0.887. The Bertz CT molecular complexity index is 637. The molecule has 124 valence electrons. The molecule has 2 aromatic carbocycles. The lowest BCUT2D eigenvalue weighted by Crippen LogP contribution is -2.45. The molecule has 0 aliphatic carbocycles. The van der Waals surface area contributed by atoms with Gasteiger partial charge < -0.3 is 10.8 Å².